The fourth-order valence-corrected chi connectivity index (χ4v) is 2.11. The van der Waals surface area contributed by atoms with Gasteiger partial charge < -0.3 is 4.98 Å². The molecule has 0 bridgehead atoms. The van der Waals surface area contributed by atoms with Gasteiger partial charge in [-0.3, -0.25) is 0 Å². The molecule has 0 saturated heterocycles. The summed E-state index contributed by atoms with van der Waals surface area (Å²) in [4.78, 5) is 3.18. The van der Waals surface area contributed by atoms with Crippen molar-refractivity contribution >= 4 is 22.5 Å². The summed E-state index contributed by atoms with van der Waals surface area (Å²) >= 11 is 5.92. The van der Waals surface area contributed by atoms with E-state index in [1.54, 1.807) is 12.1 Å². The molecule has 1 nitrogen and oxygen atoms in total. The van der Waals surface area contributed by atoms with Crippen molar-refractivity contribution in [2.24, 2.45) is 0 Å². The second kappa shape index (κ2) is 3.90. The molecule has 0 amide bonds. The number of H-pyrrole nitrogens is 1. The Labute approximate surface area is 103 Å². The molecule has 3 aromatic rings. The molecule has 0 aliphatic carbocycles. The molecule has 1 N–H and O–H groups in total. The van der Waals surface area contributed by atoms with Gasteiger partial charge in [0.2, 0.25) is 0 Å². The summed E-state index contributed by atoms with van der Waals surface area (Å²) in [6, 6.07) is 14.2. The summed E-state index contributed by atoms with van der Waals surface area (Å²) < 4.78 is 13.6. The van der Waals surface area contributed by atoms with E-state index >= 15 is 0 Å². The summed E-state index contributed by atoms with van der Waals surface area (Å²) in [5, 5.41) is 1.66. The van der Waals surface area contributed by atoms with Crippen LogP contribution in [0.25, 0.3) is 22.2 Å². The Morgan fingerprint density at radius 1 is 1.00 bits per heavy atom. The highest BCUT2D eigenvalue weighted by Crippen LogP contribution is 2.27. The van der Waals surface area contributed by atoms with Gasteiger partial charge in [0.1, 0.15) is 5.82 Å². The molecule has 3 heteroatoms. The molecule has 0 saturated carbocycles. The zero-order chi connectivity index (χ0) is 11.8. The Bertz CT molecular complexity index is 688. The fourth-order valence-electron chi connectivity index (χ4n) is 1.93. The first-order valence-electron chi connectivity index (χ1n) is 5.27. The molecular weight excluding hydrogens is 237 g/mol. The molecule has 2 aromatic carbocycles. The summed E-state index contributed by atoms with van der Waals surface area (Å²) in [5.41, 5.74) is 2.29. The summed E-state index contributed by atoms with van der Waals surface area (Å²) in [6.45, 7) is 0. The highest BCUT2D eigenvalue weighted by atomic mass is 35.5. The number of rotatable bonds is 1. The second-order valence-electron chi connectivity index (χ2n) is 3.89. The van der Waals surface area contributed by atoms with Gasteiger partial charge in [-0.05, 0) is 36.4 Å². The van der Waals surface area contributed by atoms with Gasteiger partial charge in [0.15, 0.2) is 0 Å². The van der Waals surface area contributed by atoms with Gasteiger partial charge in [0, 0.05) is 27.2 Å². The van der Waals surface area contributed by atoms with Crippen molar-refractivity contribution in [1.82, 2.24) is 4.98 Å². The predicted octanol–water partition coefficient (Wildman–Crippen LogP) is 4.63. The van der Waals surface area contributed by atoms with E-state index in [1.807, 2.05) is 30.3 Å². The first-order chi connectivity index (χ1) is 8.24. The Morgan fingerprint density at radius 3 is 2.65 bits per heavy atom. The van der Waals surface area contributed by atoms with E-state index in [9.17, 15) is 4.39 Å². The highest BCUT2D eigenvalue weighted by molar-refractivity contribution is 6.31. The lowest BCUT2D eigenvalue weighted by atomic mass is 10.1. The summed E-state index contributed by atoms with van der Waals surface area (Å²) in [5.74, 6) is -0.231. The van der Waals surface area contributed by atoms with Gasteiger partial charge in [0.25, 0.3) is 0 Å². The van der Waals surface area contributed by atoms with Gasteiger partial charge in [-0.1, -0.05) is 23.7 Å². The van der Waals surface area contributed by atoms with Crippen LogP contribution in [-0.4, -0.2) is 4.98 Å². The van der Waals surface area contributed by atoms with Gasteiger partial charge >= 0.3 is 0 Å². The van der Waals surface area contributed by atoms with Gasteiger partial charge in [-0.25, -0.2) is 4.39 Å². The quantitative estimate of drug-likeness (QED) is 0.644. The van der Waals surface area contributed by atoms with Crippen LogP contribution in [0, 0.1) is 5.82 Å². The molecular formula is C14H9ClFN. The standard InChI is InChI=1S/C14H9ClFN/c15-10-5-6-13-9(7-10)8-14(17-13)11-3-1-2-4-12(11)16/h1-8,17H. The lowest BCUT2D eigenvalue weighted by Crippen LogP contribution is -1.82. The number of fused-ring (bicyclic) bond motifs is 1. The van der Waals surface area contributed by atoms with Gasteiger partial charge in [-0.2, -0.15) is 0 Å². The Morgan fingerprint density at radius 2 is 1.82 bits per heavy atom. The third-order valence-corrected chi connectivity index (χ3v) is 2.98. The number of halogens is 2. The van der Waals surface area contributed by atoms with Crippen molar-refractivity contribution in [1.29, 1.82) is 0 Å². The van der Waals surface area contributed by atoms with E-state index in [-0.39, 0.29) is 5.82 Å². The topological polar surface area (TPSA) is 15.8 Å². The lowest BCUT2D eigenvalue weighted by molar-refractivity contribution is 0.631. The van der Waals surface area contributed by atoms with Crippen molar-refractivity contribution in [2.45, 2.75) is 0 Å². The van der Waals surface area contributed by atoms with E-state index in [2.05, 4.69) is 4.98 Å². The minimum Gasteiger partial charge on any atom is -0.354 e. The Balaban J connectivity index is 2.22. The molecule has 0 fully saturated rings. The van der Waals surface area contributed by atoms with Crippen LogP contribution in [0.4, 0.5) is 4.39 Å². The molecule has 84 valence electrons. The SMILES string of the molecule is Fc1ccccc1-c1cc2cc(Cl)ccc2[nH]1. The Kier molecular flexibility index (Phi) is 2.37. The second-order valence-corrected chi connectivity index (χ2v) is 4.33. The first kappa shape index (κ1) is 10.4. The first-order valence-corrected chi connectivity index (χ1v) is 5.65. The molecule has 0 atom stereocenters. The summed E-state index contributed by atoms with van der Waals surface area (Å²) in [7, 11) is 0. The van der Waals surface area contributed by atoms with Crippen molar-refractivity contribution < 1.29 is 4.39 Å². The summed E-state index contributed by atoms with van der Waals surface area (Å²) in [6.07, 6.45) is 0. The van der Waals surface area contributed by atoms with Gasteiger partial charge in [-0.15, -0.1) is 0 Å². The maximum absolute atomic E-state index is 13.6. The number of hydrogen-bond donors (Lipinski definition) is 1. The average molecular weight is 246 g/mol. The molecule has 3 rings (SSSR count). The molecule has 0 aliphatic rings. The molecule has 17 heavy (non-hydrogen) atoms. The maximum Gasteiger partial charge on any atom is 0.132 e. The monoisotopic (exact) mass is 245 g/mol. The molecule has 0 radical (unpaired) electrons. The van der Waals surface area contributed by atoms with Crippen molar-refractivity contribution in [3.63, 3.8) is 0 Å². The number of hydrogen-bond acceptors (Lipinski definition) is 0. The predicted molar refractivity (Wildman–Crippen MR) is 68.7 cm³/mol. The minimum absolute atomic E-state index is 0.231. The van der Waals surface area contributed by atoms with Crippen LogP contribution in [0.15, 0.2) is 48.5 Å². The molecule has 1 heterocycles. The zero-order valence-corrected chi connectivity index (χ0v) is 9.63. The third-order valence-electron chi connectivity index (χ3n) is 2.75. The van der Waals surface area contributed by atoms with Crippen LogP contribution >= 0.6 is 11.6 Å². The van der Waals surface area contributed by atoms with Crippen LogP contribution < -0.4 is 0 Å². The van der Waals surface area contributed by atoms with Gasteiger partial charge in [0.05, 0.1) is 0 Å². The largest absolute Gasteiger partial charge is 0.354 e. The zero-order valence-electron chi connectivity index (χ0n) is 8.87. The third kappa shape index (κ3) is 1.81. The van der Waals surface area contributed by atoms with Crippen LogP contribution in [0.1, 0.15) is 0 Å². The van der Waals surface area contributed by atoms with Crippen molar-refractivity contribution in [3.05, 3.63) is 59.4 Å². The van der Waals surface area contributed by atoms with Crippen LogP contribution in [0.3, 0.4) is 0 Å². The van der Waals surface area contributed by atoms with E-state index < -0.39 is 0 Å². The van der Waals surface area contributed by atoms with Crippen LogP contribution in [0.5, 0.6) is 0 Å². The highest BCUT2D eigenvalue weighted by Gasteiger charge is 2.07. The molecule has 0 spiro atoms. The van der Waals surface area contributed by atoms with E-state index in [0.29, 0.717) is 10.6 Å². The fraction of sp³-hybridized carbons (Fsp3) is 0. The Hall–Kier alpha value is -1.80. The molecule has 0 unspecified atom stereocenters. The van der Waals surface area contributed by atoms with Crippen molar-refractivity contribution in [3.8, 4) is 11.3 Å². The smallest absolute Gasteiger partial charge is 0.132 e. The number of benzene rings is 2. The number of aromatic amines is 1. The number of aromatic nitrogens is 1. The van der Waals surface area contributed by atoms with E-state index in [1.165, 1.54) is 6.07 Å². The number of nitrogens with one attached hydrogen (secondary N) is 1. The van der Waals surface area contributed by atoms with Crippen LogP contribution in [-0.2, 0) is 0 Å². The van der Waals surface area contributed by atoms with E-state index in [4.69, 9.17) is 11.6 Å². The maximum atomic E-state index is 13.6. The average Bonchev–Trinajstić information content (AvgIpc) is 2.72. The van der Waals surface area contributed by atoms with Crippen LogP contribution in [0.2, 0.25) is 5.02 Å². The normalized spacial score (nSPS) is 10.9. The minimum atomic E-state index is -0.231. The molecule has 1 aromatic heterocycles. The van der Waals surface area contributed by atoms with E-state index in [0.717, 1.165) is 16.6 Å². The van der Waals surface area contributed by atoms with Crippen molar-refractivity contribution in [2.75, 3.05) is 0 Å². The lowest BCUT2D eigenvalue weighted by Gasteiger charge is -1.98. The molecule has 0 aliphatic heterocycles.